The van der Waals surface area contributed by atoms with E-state index in [9.17, 15) is 29.4 Å². The fraction of sp³-hybridized carbons (Fsp3) is 0.577. The number of thiocarbonyl (C=S) groups is 1. The van der Waals surface area contributed by atoms with Gasteiger partial charge in [0, 0.05) is 51.0 Å². The Kier molecular flexibility index (Phi) is 18.6. The van der Waals surface area contributed by atoms with Crippen molar-refractivity contribution in [3.8, 4) is 0 Å². The van der Waals surface area contributed by atoms with E-state index in [1.807, 2.05) is 24.3 Å². The van der Waals surface area contributed by atoms with Crippen molar-refractivity contribution in [2.24, 2.45) is 5.73 Å². The van der Waals surface area contributed by atoms with E-state index in [1.165, 1.54) is 0 Å². The second-order valence-corrected chi connectivity index (χ2v) is 9.97. The van der Waals surface area contributed by atoms with Crippen molar-refractivity contribution in [1.82, 2.24) is 25.8 Å². The highest BCUT2D eigenvalue weighted by atomic mass is 32.1. The van der Waals surface area contributed by atoms with Crippen LogP contribution in [0, 0.1) is 0 Å². The van der Waals surface area contributed by atoms with Gasteiger partial charge in [-0.25, -0.2) is 0 Å². The topological polar surface area (TPSA) is 230 Å². The number of hydrogen-bond acceptors (Lipinski definition) is 10. The molecule has 0 saturated heterocycles. The summed E-state index contributed by atoms with van der Waals surface area (Å²) in [5.74, 6) is -4.25. The number of anilines is 1. The number of nitrogens with one attached hydrogen (secondary N) is 4. The van der Waals surface area contributed by atoms with Crippen LogP contribution in [0.25, 0.3) is 0 Å². The first-order chi connectivity index (χ1) is 20.0. The third kappa shape index (κ3) is 18.1. The van der Waals surface area contributed by atoms with E-state index < -0.39 is 29.9 Å². The van der Waals surface area contributed by atoms with Crippen LogP contribution in [0.1, 0.15) is 18.4 Å². The third-order valence-electron chi connectivity index (χ3n) is 6.05. The minimum absolute atomic E-state index is 0.176. The zero-order valence-electron chi connectivity index (χ0n) is 23.6. The van der Waals surface area contributed by atoms with Crippen molar-refractivity contribution in [2.45, 2.75) is 25.3 Å². The quantitative estimate of drug-likeness (QED) is 0.0489. The molecule has 0 fully saturated rings. The average Bonchev–Trinajstić information content (AvgIpc) is 2.91. The molecule has 0 aliphatic heterocycles. The van der Waals surface area contributed by atoms with Crippen LogP contribution < -0.4 is 27.0 Å². The summed E-state index contributed by atoms with van der Waals surface area (Å²) < 4.78 is 0. The summed E-state index contributed by atoms with van der Waals surface area (Å²) in [6.07, 6.45) is 2.19. The summed E-state index contributed by atoms with van der Waals surface area (Å²) >= 11 is 5.31. The monoisotopic (exact) mass is 613 g/mol. The fourth-order valence-corrected chi connectivity index (χ4v) is 4.27. The van der Waals surface area contributed by atoms with Gasteiger partial charge in [0.15, 0.2) is 5.11 Å². The molecule has 0 heterocycles. The molecule has 236 valence electrons. The molecule has 1 unspecified atom stereocenters. The van der Waals surface area contributed by atoms with Crippen LogP contribution in [0.15, 0.2) is 24.3 Å². The number of hydrogen-bond donors (Lipinski definition) is 9. The first kappa shape index (κ1) is 36.6. The van der Waals surface area contributed by atoms with Crippen LogP contribution in [0.3, 0.4) is 0 Å². The molecule has 0 aromatic heterocycles. The molecule has 0 spiro atoms. The number of benzene rings is 1. The maximum Gasteiger partial charge on any atom is 0.317 e. The first-order valence-electron chi connectivity index (χ1n) is 13.6. The largest absolute Gasteiger partial charge is 0.480 e. The van der Waals surface area contributed by atoms with Crippen LogP contribution >= 0.6 is 12.2 Å². The highest BCUT2D eigenvalue weighted by Crippen LogP contribution is 2.14. The van der Waals surface area contributed by atoms with Crippen LogP contribution in [0.4, 0.5) is 5.69 Å². The van der Waals surface area contributed by atoms with Gasteiger partial charge in [0.05, 0.1) is 26.2 Å². The van der Waals surface area contributed by atoms with Gasteiger partial charge in [0.25, 0.3) is 0 Å². The molecular formula is C26H43N7O8S. The van der Waals surface area contributed by atoms with E-state index in [0.717, 1.165) is 24.1 Å². The van der Waals surface area contributed by atoms with Crippen molar-refractivity contribution < 1.29 is 39.6 Å². The number of rotatable bonds is 24. The lowest BCUT2D eigenvalue weighted by Gasteiger charge is -2.33. The van der Waals surface area contributed by atoms with Gasteiger partial charge in [0.2, 0.25) is 0 Å². The smallest absolute Gasteiger partial charge is 0.317 e. The highest BCUT2D eigenvalue weighted by Gasteiger charge is 2.23. The lowest BCUT2D eigenvalue weighted by molar-refractivity contribution is -0.140. The van der Waals surface area contributed by atoms with Gasteiger partial charge in [-0.3, -0.25) is 29.0 Å². The van der Waals surface area contributed by atoms with Crippen molar-refractivity contribution in [3.63, 3.8) is 0 Å². The highest BCUT2D eigenvalue weighted by molar-refractivity contribution is 7.80. The Morgan fingerprint density at radius 3 is 2.05 bits per heavy atom. The SMILES string of the molecule is NCCCCNC(=S)Nc1ccc(CC(CNCC(=O)O)N(CCN(CCNCC(=O)O)CC(=O)O)CC(=O)O)cc1. The molecular weight excluding hydrogens is 570 g/mol. The second kappa shape index (κ2) is 21.3. The number of carboxylic acids is 4. The van der Waals surface area contributed by atoms with E-state index in [1.54, 1.807) is 9.80 Å². The molecule has 1 atom stereocenters. The third-order valence-corrected chi connectivity index (χ3v) is 6.30. The van der Waals surface area contributed by atoms with E-state index in [-0.39, 0.29) is 58.9 Å². The Labute approximate surface area is 250 Å². The van der Waals surface area contributed by atoms with E-state index in [4.69, 9.17) is 28.2 Å². The Morgan fingerprint density at radius 2 is 1.45 bits per heavy atom. The summed E-state index contributed by atoms with van der Waals surface area (Å²) in [4.78, 5) is 48.2. The molecule has 1 aromatic rings. The van der Waals surface area contributed by atoms with Crippen LogP contribution in [-0.4, -0.2) is 137 Å². The Bertz CT molecular complexity index is 999. The molecule has 0 saturated carbocycles. The number of carboxylic acid groups (broad SMARTS) is 4. The number of aliphatic carboxylic acids is 4. The first-order valence-corrected chi connectivity index (χ1v) is 14.0. The molecule has 1 aromatic carbocycles. The number of carbonyl (C=O) groups is 4. The van der Waals surface area contributed by atoms with E-state index in [2.05, 4.69) is 21.3 Å². The average molecular weight is 614 g/mol. The van der Waals surface area contributed by atoms with Gasteiger partial charge < -0.3 is 47.4 Å². The van der Waals surface area contributed by atoms with Crippen molar-refractivity contribution in [1.29, 1.82) is 0 Å². The zero-order chi connectivity index (χ0) is 31.3. The lowest BCUT2D eigenvalue weighted by Crippen LogP contribution is -2.50. The minimum Gasteiger partial charge on any atom is -0.480 e. The molecule has 1 rings (SSSR count). The molecule has 16 heteroatoms. The minimum atomic E-state index is -1.09. The predicted octanol–water partition coefficient (Wildman–Crippen LogP) is -1.26. The maximum absolute atomic E-state index is 11.7. The fourth-order valence-electron chi connectivity index (χ4n) is 4.05. The summed E-state index contributed by atoms with van der Waals surface area (Å²) in [5, 5.41) is 49.0. The van der Waals surface area contributed by atoms with E-state index in [0.29, 0.717) is 24.6 Å². The molecule has 0 radical (unpaired) electrons. The molecule has 42 heavy (non-hydrogen) atoms. The van der Waals surface area contributed by atoms with Gasteiger partial charge in [-0.05, 0) is 55.7 Å². The number of nitrogens with two attached hydrogens (primary N) is 1. The number of nitrogens with zero attached hydrogens (tertiary/aromatic N) is 2. The molecule has 0 bridgehead atoms. The van der Waals surface area contributed by atoms with Gasteiger partial charge in [-0.1, -0.05) is 12.1 Å². The Hall–Kier alpha value is -3.41. The molecule has 10 N–H and O–H groups in total. The summed E-state index contributed by atoms with van der Waals surface area (Å²) in [6, 6.07) is 6.98. The summed E-state index contributed by atoms with van der Waals surface area (Å²) in [5.41, 5.74) is 7.14. The standard InChI is InChI=1S/C26H43N7O8S/c27-7-1-2-8-30-26(42)31-20-5-3-19(4-6-20)13-21(14-29-16-23(36)37)33(18-25(40)41)12-11-32(17-24(38)39)10-9-28-15-22(34)35/h3-6,21,28-29H,1-2,7-18,27H2,(H,34,35)(H,36,37)(H,38,39)(H,40,41)(H2,30,31,42). The predicted molar refractivity (Wildman–Crippen MR) is 161 cm³/mol. The van der Waals surface area contributed by atoms with Crippen LogP contribution in [0.5, 0.6) is 0 Å². The molecule has 0 aliphatic rings. The summed E-state index contributed by atoms with van der Waals surface area (Å²) in [7, 11) is 0. The molecule has 0 amide bonds. The lowest BCUT2D eigenvalue weighted by atomic mass is 10.0. The number of unbranched alkanes of at least 4 members (excludes halogenated alkanes) is 1. The van der Waals surface area contributed by atoms with Crippen molar-refractivity contribution in [2.75, 3.05) is 77.3 Å². The molecule has 15 nitrogen and oxygen atoms in total. The van der Waals surface area contributed by atoms with Crippen LogP contribution in [0.2, 0.25) is 0 Å². The van der Waals surface area contributed by atoms with Gasteiger partial charge >= 0.3 is 23.9 Å². The second-order valence-electron chi connectivity index (χ2n) is 9.56. The van der Waals surface area contributed by atoms with Crippen LogP contribution in [-0.2, 0) is 25.6 Å². The zero-order valence-corrected chi connectivity index (χ0v) is 24.4. The van der Waals surface area contributed by atoms with Gasteiger partial charge in [-0.2, -0.15) is 0 Å². The van der Waals surface area contributed by atoms with Crippen molar-refractivity contribution in [3.05, 3.63) is 29.8 Å². The summed E-state index contributed by atoms with van der Waals surface area (Å²) in [6.45, 7) is 1.11. The van der Waals surface area contributed by atoms with Gasteiger partial charge in [0.1, 0.15) is 0 Å². The maximum atomic E-state index is 11.7. The van der Waals surface area contributed by atoms with Crippen molar-refractivity contribution >= 4 is 46.9 Å². The van der Waals surface area contributed by atoms with E-state index >= 15 is 0 Å². The molecule has 0 aliphatic carbocycles. The Balaban J connectivity index is 2.95. The Morgan fingerprint density at radius 1 is 0.810 bits per heavy atom. The normalized spacial score (nSPS) is 11.8. The van der Waals surface area contributed by atoms with Gasteiger partial charge in [-0.15, -0.1) is 0 Å².